The van der Waals surface area contributed by atoms with Gasteiger partial charge in [0.15, 0.2) is 0 Å². The molecule has 3 heteroatoms. The van der Waals surface area contributed by atoms with E-state index in [4.69, 9.17) is 4.74 Å². The molecule has 0 radical (unpaired) electrons. The van der Waals surface area contributed by atoms with Gasteiger partial charge in [0, 0.05) is 23.3 Å². The van der Waals surface area contributed by atoms with Gasteiger partial charge in [0.05, 0.1) is 5.60 Å². The SMILES string of the molecule is CNCc1cccc(SC2CCOC3(CCCCC3)C2)c1. The first-order valence-corrected chi connectivity index (χ1v) is 9.22. The van der Waals surface area contributed by atoms with Gasteiger partial charge in [0.25, 0.3) is 0 Å². The average molecular weight is 305 g/mol. The lowest BCUT2D eigenvalue weighted by atomic mass is 9.80. The lowest BCUT2D eigenvalue weighted by Gasteiger charge is -2.43. The van der Waals surface area contributed by atoms with E-state index >= 15 is 0 Å². The number of hydrogen-bond donors (Lipinski definition) is 1. The van der Waals surface area contributed by atoms with Crippen molar-refractivity contribution in [1.82, 2.24) is 5.32 Å². The maximum absolute atomic E-state index is 6.21. The van der Waals surface area contributed by atoms with E-state index in [2.05, 4.69) is 41.3 Å². The average Bonchev–Trinajstić information content (AvgIpc) is 2.49. The number of rotatable bonds is 4. The number of hydrogen-bond acceptors (Lipinski definition) is 3. The van der Waals surface area contributed by atoms with E-state index in [1.165, 1.54) is 55.4 Å². The molecule has 2 nitrogen and oxygen atoms in total. The molecule has 1 heterocycles. The minimum atomic E-state index is 0.219. The van der Waals surface area contributed by atoms with E-state index in [1.54, 1.807) is 0 Å². The fraction of sp³-hybridized carbons (Fsp3) is 0.667. The van der Waals surface area contributed by atoms with Gasteiger partial charge in [0.2, 0.25) is 0 Å². The number of ether oxygens (including phenoxy) is 1. The van der Waals surface area contributed by atoms with Gasteiger partial charge in [-0.25, -0.2) is 0 Å². The van der Waals surface area contributed by atoms with Crippen LogP contribution in [0, 0.1) is 0 Å². The second-order valence-electron chi connectivity index (χ2n) is 6.50. The monoisotopic (exact) mass is 305 g/mol. The zero-order valence-corrected chi connectivity index (χ0v) is 13.9. The number of nitrogens with one attached hydrogen (secondary N) is 1. The molecule has 1 aliphatic heterocycles. The van der Waals surface area contributed by atoms with Crippen molar-refractivity contribution in [3.63, 3.8) is 0 Å². The third-order valence-electron chi connectivity index (χ3n) is 4.79. The summed E-state index contributed by atoms with van der Waals surface area (Å²) in [6.07, 6.45) is 9.11. The summed E-state index contributed by atoms with van der Waals surface area (Å²) in [5, 5.41) is 3.96. The molecular weight excluding hydrogens is 278 g/mol. The maximum Gasteiger partial charge on any atom is 0.0693 e. The van der Waals surface area contributed by atoms with Crippen LogP contribution < -0.4 is 5.32 Å². The highest BCUT2D eigenvalue weighted by Crippen LogP contribution is 2.43. The second-order valence-corrected chi connectivity index (χ2v) is 7.88. The smallest absolute Gasteiger partial charge is 0.0693 e. The van der Waals surface area contributed by atoms with Crippen LogP contribution in [0.15, 0.2) is 29.2 Å². The molecule has 3 rings (SSSR count). The largest absolute Gasteiger partial charge is 0.375 e. The summed E-state index contributed by atoms with van der Waals surface area (Å²) in [5.74, 6) is 0. The Balaban J connectivity index is 1.63. The summed E-state index contributed by atoms with van der Waals surface area (Å²) >= 11 is 2.06. The normalized spacial score (nSPS) is 25.1. The topological polar surface area (TPSA) is 21.3 Å². The molecule has 0 amide bonds. The van der Waals surface area contributed by atoms with Crippen molar-refractivity contribution in [3.8, 4) is 0 Å². The summed E-state index contributed by atoms with van der Waals surface area (Å²) < 4.78 is 6.21. The third kappa shape index (κ3) is 4.02. The zero-order valence-electron chi connectivity index (χ0n) is 13.1. The van der Waals surface area contributed by atoms with Crippen molar-refractivity contribution in [3.05, 3.63) is 29.8 Å². The minimum Gasteiger partial charge on any atom is -0.375 e. The Kier molecular flexibility index (Phi) is 5.25. The molecule has 1 saturated carbocycles. The van der Waals surface area contributed by atoms with Crippen LogP contribution in [0.2, 0.25) is 0 Å². The van der Waals surface area contributed by atoms with Crippen molar-refractivity contribution in [2.75, 3.05) is 13.7 Å². The predicted molar refractivity (Wildman–Crippen MR) is 89.9 cm³/mol. The van der Waals surface area contributed by atoms with Crippen molar-refractivity contribution < 1.29 is 4.74 Å². The Hall–Kier alpha value is -0.510. The molecule has 1 aromatic carbocycles. The van der Waals surface area contributed by atoms with E-state index in [1.807, 2.05) is 7.05 Å². The first-order chi connectivity index (χ1) is 10.3. The van der Waals surface area contributed by atoms with Crippen molar-refractivity contribution in [2.45, 2.75) is 67.2 Å². The van der Waals surface area contributed by atoms with E-state index < -0.39 is 0 Å². The summed E-state index contributed by atoms with van der Waals surface area (Å²) in [6.45, 7) is 1.90. The van der Waals surface area contributed by atoms with Gasteiger partial charge < -0.3 is 10.1 Å². The van der Waals surface area contributed by atoms with Crippen molar-refractivity contribution in [2.24, 2.45) is 0 Å². The Morgan fingerprint density at radius 1 is 1.29 bits per heavy atom. The van der Waals surface area contributed by atoms with Crippen LogP contribution in [0.5, 0.6) is 0 Å². The second kappa shape index (κ2) is 7.17. The standard InChI is InChI=1S/C18H27NOS/c1-19-14-15-6-5-7-16(12-15)21-17-8-11-20-18(13-17)9-3-2-4-10-18/h5-7,12,17,19H,2-4,8-11,13-14H2,1H3. The van der Waals surface area contributed by atoms with Gasteiger partial charge in [-0.15, -0.1) is 11.8 Å². The van der Waals surface area contributed by atoms with Gasteiger partial charge in [-0.3, -0.25) is 0 Å². The Bertz CT molecular complexity index is 451. The Labute approximate surface area is 133 Å². The molecule has 116 valence electrons. The fourth-order valence-electron chi connectivity index (χ4n) is 3.75. The van der Waals surface area contributed by atoms with Crippen LogP contribution in [-0.4, -0.2) is 24.5 Å². The molecule has 1 unspecified atom stereocenters. The third-order valence-corrected chi connectivity index (χ3v) is 6.06. The highest BCUT2D eigenvalue weighted by atomic mass is 32.2. The molecule has 2 aliphatic rings. The van der Waals surface area contributed by atoms with Gasteiger partial charge in [-0.2, -0.15) is 0 Å². The summed E-state index contributed by atoms with van der Waals surface area (Å²) in [5.41, 5.74) is 1.60. The van der Waals surface area contributed by atoms with Crippen LogP contribution in [0.3, 0.4) is 0 Å². The molecule has 1 spiro atoms. The maximum atomic E-state index is 6.21. The first-order valence-electron chi connectivity index (χ1n) is 8.34. The molecule has 1 N–H and O–H groups in total. The Morgan fingerprint density at radius 2 is 2.14 bits per heavy atom. The summed E-state index contributed by atoms with van der Waals surface area (Å²) in [7, 11) is 2.01. The van der Waals surface area contributed by atoms with E-state index in [0.29, 0.717) is 0 Å². The van der Waals surface area contributed by atoms with Gasteiger partial charge >= 0.3 is 0 Å². The Morgan fingerprint density at radius 3 is 2.95 bits per heavy atom. The zero-order chi connectivity index (χ0) is 14.5. The number of thioether (sulfide) groups is 1. The van der Waals surface area contributed by atoms with Crippen molar-refractivity contribution in [1.29, 1.82) is 0 Å². The highest BCUT2D eigenvalue weighted by Gasteiger charge is 2.38. The summed E-state index contributed by atoms with van der Waals surface area (Å²) in [6, 6.07) is 8.98. The van der Waals surface area contributed by atoms with E-state index in [-0.39, 0.29) is 5.60 Å². The van der Waals surface area contributed by atoms with Crippen molar-refractivity contribution >= 4 is 11.8 Å². The molecule has 1 saturated heterocycles. The van der Waals surface area contributed by atoms with Crippen LogP contribution in [0.1, 0.15) is 50.5 Å². The van der Waals surface area contributed by atoms with Crippen LogP contribution in [0.4, 0.5) is 0 Å². The van der Waals surface area contributed by atoms with E-state index in [0.717, 1.165) is 18.4 Å². The minimum absolute atomic E-state index is 0.219. The van der Waals surface area contributed by atoms with Gasteiger partial charge in [-0.1, -0.05) is 31.4 Å². The molecule has 21 heavy (non-hydrogen) atoms. The quantitative estimate of drug-likeness (QED) is 0.892. The first kappa shape index (κ1) is 15.4. The van der Waals surface area contributed by atoms with Crippen LogP contribution in [0.25, 0.3) is 0 Å². The molecule has 0 aromatic heterocycles. The lowest BCUT2D eigenvalue weighted by molar-refractivity contribution is -0.0970. The lowest BCUT2D eigenvalue weighted by Crippen LogP contribution is -2.42. The summed E-state index contributed by atoms with van der Waals surface area (Å²) in [4.78, 5) is 1.42. The number of benzene rings is 1. The van der Waals surface area contributed by atoms with Crippen LogP contribution in [-0.2, 0) is 11.3 Å². The fourth-order valence-corrected chi connectivity index (χ4v) is 5.12. The van der Waals surface area contributed by atoms with Gasteiger partial charge in [0.1, 0.15) is 0 Å². The predicted octanol–water partition coefficient (Wildman–Crippen LogP) is 4.38. The molecule has 1 atom stereocenters. The molecule has 1 aliphatic carbocycles. The van der Waals surface area contributed by atoms with Crippen LogP contribution >= 0.6 is 11.8 Å². The molecule has 0 bridgehead atoms. The molecular formula is C18H27NOS. The highest BCUT2D eigenvalue weighted by molar-refractivity contribution is 8.00. The van der Waals surface area contributed by atoms with Gasteiger partial charge in [-0.05, 0) is 50.4 Å². The van der Waals surface area contributed by atoms with E-state index in [9.17, 15) is 0 Å². The molecule has 1 aromatic rings. The molecule has 2 fully saturated rings.